The Morgan fingerprint density at radius 3 is 2.50 bits per heavy atom. The maximum Gasteiger partial charge on any atom is 0.241 e. The van der Waals surface area contributed by atoms with Gasteiger partial charge in [-0.3, -0.25) is 4.79 Å². The number of nitrogens with one attached hydrogen (secondary N) is 2. The normalized spacial score (nSPS) is 20.1. The lowest BCUT2D eigenvalue weighted by Gasteiger charge is -2.24. The number of likely N-dealkylation sites (N-methyl/N-ethyl adjacent to an activating group) is 1. The van der Waals surface area contributed by atoms with E-state index in [0.29, 0.717) is 13.1 Å². The standard InChI is InChI=1S/C19H22BrN3O/c1-2-23(13-14-6-4-3-5-7-14)19(24)18-12-17(21-22-18)15-8-10-16(20)11-9-15/h3-11,17-18,21-22H,2,12-13H2,1H3. The molecule has 2 unspecified atom stereocenters. The van der Waals surface area contributed by atoms with E-state index in [2.05, 4.69) is 51.0 Å². The van der Waals surface area contributed by atoms with E-state index in [0.717, 1.165) is 16.5 Å². The highest BCUT2D eigenvalue weighted by Gasteiger charge is 2.32. The summed E-state index contributed by atoms with van der Waals surface area (Å²) >= 11 is 3.45. The molecule has 5 heteroatoms. The summed E-state index contributed by atoms with van der Waals surface area (Å²) in [5.41, 5.74) is 8.76. The SMILES string of the molecule is CCN(Cc1ccccc1)C(=O)C1CC(c2ccc(Br)cc2)NN1. The first-order chi connectivity index (χ1) is 11.7. The van der Waals surface area contributed by atoms with Crippen molar-refractivity contribution in [2.24, 2.45) is 0 Å². The Hall–Kier alpha value is -1.69. The van der Waals surface area contributed by atoms with Crippen molar-refractivity contribution < 1.29 is 4.79 Å². The molecule has 0 radical (unpaired) electrons. The van der Waals surface area contributed by atoms with E-state index in [4.69, 9.17) is 0 Å². The number of halogens is 1. The van der Waals surface area contributed by atoms with Crippen LogP contribution in [0.2, 0.25) is 0 Å². The smallest absolute Gasteiger partial charge is 0.241 e. The fourth-order valence-electron chi connectivity index (χ4n) is 3.00. The minimum Gasteiger partial charge on any atom is -0.337 e. The molecule has 1 aliphatic rings. The van der Waals surface area contributed by atoms with E-state index in [-0.39, 0.29) is 18.0 Å². The van der Waals surface area contributed by atoms with Crippen LogP contribution in [-0.2, 0) is 11.3 Å². The first-order valence-corrected chi connectivity index (χ1v) is 9.06. The largest absolute Gasteiger partial charge is 0.337 e. The maximum absolute atomic E-state index is 12.8. The summed E-state index contributed by atoms with van der Waals surface area (Å²) in [6.45, 7) is 3.38. The van der Waals surface area contributed by atoms with Crippen LogP contribution in [0, 0.1) is 0 Å². The van der Waals surface area contributed by atoms with Crippen LogP contribution in [0.3, 0.4) is 0 Å². The van der Waals surface area contributed by atoms with Crippen LogP contribution >= 0.6 is 15.9 Å². The lowest BCUT2D eigenvalue weighted by atomic mass is 10.0. The summed E-state index contributed by atoms with van der Waals surface area (Å²) in [4.78, 5) is 14.7. The summed E-state index contributed by atoms with van der Waals surface area (Å²) in [6, 6.07) is 18.3. The zero-order valence-electron chi connectivity index (χ0n) is 13.7. The fraction of sp³-hybridized carbons (Fsp3) is 0.316. The van der Waals surface area contributed by atoms with E-state index >= 15 is 0 Å². The van der Waals surface area contributed by atoms with Gasteiger partial charge in [-0.15, -0.1) is 0 Å². The highest BCUT2D eigenvalue weighted by atomic mass is 79.9. The molecule has 1 aliphatic heterocycles. The molecule has 1 heterocycles. The van der Waals surface area contributed by atoms with Gasteiger partial charge in [0.2, 0.25) is 5.91 Å². The number of amides is 1. The number of hydrazine groups is 1. The number of carbonyl (C=O) groups excluding carboxylic acids is 1. The van der Waals surface area contributed by atoms with E-state index in [1.807, 2.05) is 42.2 Å². The third-order valence-corrected chi connectivity index (χ3v) is 4.91. The highest BCUT2D eigenvalue weighted by Crippen LogP contribution is 2.24. The van der Waals surface area contributed by atoms with Crippen LogP contribution < -0.4 is 10.9 Å². The molecular weight excluding hydrogens is 366 g/mol. The first kappa shape index (κ1) is 17.1. The number of nitrogens with zero attached hydrogens (tertiary/aromatic N) is 1. The summed E-state index contributed by atoms with van der Waals surface area (Å²) in [5.74, 6) is 0.147. The molecule has 1 amide bonds. The molecule has 0 aromatic heterocycles. The number of hydrogen-bond acceptors (Lipinski definition) is 3. The minimum absolute atomic E-state index is 0.147. The van der Waals surface area contributed by atoms with E-state index in [1.54, 1.807) is 0 Å². The van der Waals surface area contributed by atoms with Crippen LogP contribution in [0.4, 0.5) is 0 Å². The van der Waals surface area contributed by atoms with Gasteiger partial charge in [0.15, 0.2) is 0 Å². The van der Waals surface area contributed by atoms with Gasteiger partial charge in [-0.1, -0.05) is 58.4 Å². The number of benzene rings is 2. The van der Waals surface area contributed by atoms with Crippen LogP contribution in [0.25, 0.3) is 0 Å². The van der Waals surface area contributed by atoms with Gasteiger partial charge >= 0.3 is 0 Å². The van der Waals surface area contributed by atoms with Crippen molar-refractivity contribution in [1.82, 2.24) is 15.8 Å². The third-order valence-electron chi connectivity index (χ3n) is 4.38. The molecule has 0 aliphatic carbocycles. The quantitative estimate of drug-likeness (QED) is 0.825. The first-order valence-electron chi connectivity index (χ1n) is 8.26. The second-order valence-corrected chi connectivity index (χ2v) is 6.93. The number of carbonyl (C=O) groups is 1. The highest BCUT2D eigenvalue weighted by molar-refractivity contribution is 9.10. The predicted octanol–water partition coefficient (Wildman–Crippen LogP) is 3.41. The summed E-state index contributed by atoms with van der Waals surface area (Å²) in [6.07, 6.45) is 0.756. The summed E-state index contributed by atoms with van der Waals surface area (Å²) in [5, 5.41) is 0. The second kappa shape index (κ2) is 7.92. The molecule has 1 saturated heterocycles. The van der Waals surface area contributed by atoms with Crippen molar-refractivity contribution in [3.05, 3.63) is 70.2 Å². The Labute approximate surface area is 151 Å². The molecule has 0 saturated carbocycles. The molecule has 2 atom stereocenters. The van der Waals surface area contributed by atoms with E-state index < -0.39 is 0 Å². The van der Waals surface area contributed by atoms with Crippen molar-refractivity contribution in [1.29, 1.82) is 0 Å². The second-order valence-electron chi connectivity index (χ2n) is 6.02. The zero-order valence-corrected chi connectivity index (χ0v) is 15.3. The minimum atomic E-state index is -0.192. The molecule has 0 spiro atoms. The van der Waals surface area contributed by atoms with Crippen molar-refractivity contribution >= 4 is 21.8 Å². The molecule has 2 aromatic carbocycles. The Kier molecular flexibility index (Phi) is 5.66. The van der Waals surface area contributed by atoms with Crippen LogP contribution in [0.5, 0.6) is 0 Å². The van der Waals surface area contributed by atoms with Crippen molar-refractivity contribution in [3.63, 3.8) is 0 Å². The van der Waals surface area contributed by atoms with Crippen molar-refractivity contribution in [2.45, 2.75) is 32.0 Å². The van der Waals surface area contributed by atoms with Crippen LogP contribution in [-0.4, -0.2) is 23.4 Å². The third kappa shape index (κ3) is 4.04. The maximum atomic E-state index is 12.8. The Bertz CT molecular complexity index is 675. The van der Waals surface area contributed by atoms with Crippen LogP contribution in [0.1, 0.15) is 30.5 Å². The Morgan fingerprint density at radius 2 is 1.83 bits per heavy atom. The molecule has 1 fully saturated rings. The van der Waals surface area contributed by atoms with Gasteiger partial charge in [-0.05, 0) is 36.6 Å². The van der Waals surface area contributed by atoms with Gasteiger partial charge in [0.25, 0.3) is 0 Å². The molecule has 4 nitrogen and oxygen atoms in total. The van der Waals surface area contributed by atoms with Crippen LogP contribution in [0.15, 0.2) is 59.1 Å². The average molecular weight is 388 g/mol. The lowest BCUT2D eigenvalue weighted by molar-refractivity contribution is -0.133. The number of rotatable bonds is 5. The molecule has 2 N–H and O–H groups in total. The Balaban J connectivity index is 1.63. The van der Waals surface area contributed by atoms with Gasteiger partial charge < -0.3 is 4.90 Å². The number of hydrogen-bond donors (Lipinski definition) is 2. The van der Waals surface area contributed by atoms with Gasteiger partial charge in [0, 0.05) is 23.6 Å². The van der Waals surface area contributed by atoms with Crippen molar-refractivity contribution in [2.75, 3.05) is 6.54 Å². The lowest BCUT2D eigenvalue weighted by Crippen LogP contribution is -2.45. The van der Waals surface area contributed by atoms with Gasteiger partial charge in [0.05, 0.1) is 0 Å². The fourth-order valence-corrected chi connectivity index (χ4v) is 3.27. The monoisotopic (exact) mass is 387 g/mol. The zero-order chi connectivity index (χ0) is 16.9. The summed E-state index contributed by atoms with van der Waals surface area (Å²) in [7, 11) is 0. The van der Waals surface area contributed by atoms with Gasteiger partial charge in [-0.25, -0.2) is 10.9 Å². The molecule has 24 heavy (non-hydrogen) atoms. The molecule has 3 rings (SSSR count). The topological polar surface area (TPSA) is 44.4 Å². The molecule has 2 aromatic rings. The van der Waals surface area contributed by atoms with Gasteiger partial charge in [0.1, 0.15) is 6.04 Å². The molecule has 126 valence electrons. The Morgan fingerprint density at radius 1 is 1.12 bits per heavy atom. The molecule has 0 bridgehead atoms. The summed E-state index contributed by atoms with van der Waals surface area (Å²) < 4.78 is 1.06. The van der Waals surface area contributed by atoms with E-state index in [9.17, 15) is 4.79 Å². The van der Waals surface area contributed by atoms with Gasteiger partial charge in [-0.2, -0.15) is 0 Å². The van der Waals surface area contributed by atoms with Crippen molar-refractivity contribution in [3.8, 4) is 0 Å². The molecular formula is C19H22BrN3O. The predicted molar refractivity (Wildman–Crippen MR) is 99.1 cm³/mol. The van der Waals surface area contributed by atoms with E-state index in [1.165, 1.54) is 5.56 Å². The average Bonchev–Trinajstić information content (AvgIpc) is 3.10.